The molecular formula is C14H22N2O3. The van der Waals surface area contributed by atoms with E-state index in [1.165, 1.54) is 0 Å². The minimum absolute atomic E-state index is 0.319. The van der Waals surface area contributed by atoms with Crippen LogP contribution < -0.4 is 5.32 Å². The molecule has 0 heterocycles. The van der Waals surface area contributed by atoms with E-state index in [1.54, 1.807) is 13.2 Å². The summed E-state index contributed by atoms with van der Waals surface area (Å²) in [5, 5.41) is 12.3. The Hall–Kier alpha value is -1.59. The van der Waals surface area contributed by atoms with Gasteiger partial charge < -0.3 is 20.1 Å². The van der Waals surface area contributed by atoms with Crippen molar-refractivity contribution in [3.05, 3.63) is 29.3 Å². The highest BCUT2D eigenvalue weighted by atomic mass is 16.5. The molecule has 0 aromatic heterocycles. The summed E-state index contributed by atoms with van der Waals surface area (Å²) in [6, 6.07) is 5.40. The summed E-state index contributed by atoms with van der Waals surface area (Å²) >= 11 is 0. The number of hydrogen-bond donors (Lipinski definition) is 2. The monoisotopic (exact) mass is 266 g/mol. The zero-order chi connectivity index (χ0) is 14.3. The van der Waals surface area contributed by atoms with Gasteiger partial charge in [0.2, 0.25) is 0 Å². The fourth-order valence-corrected chi connectivity index (χ4v) is 1.73. The molecule has 2 N–H and O–H groups in total. The molecular weight excluding hydrogens is 244 g/mol. The van der Waals surface area contributed by atoms with Gasteiger partial charge in [-0.15, -0.1) is 0 Å². The van der Waals surface area contributed by atoms with Crippen molar-refractivity contribution in [2.24, 2.45) is 0 Å². The first-order valence-electron chi connectivity index (χ1n) is 6.30. The minimum atomic E-state index is -0.904. The molecule has 0 saturated heterocycles. The van der Waals surface area contributed by atoms with Gasteiger partial charge >= 0.3 is 5.97 Å². The highest BCUT2D eigenvalue weighted by Gasteiger charge is 2.09. The molecule has 0 aliphatic rings. The number of methoxy groups -OCH3 is 1. The Bertz CT molecular complexity index is 421. The second-order valence-corrected chi connectivity index (χ2v) is 4.58. The Morgan fingerprint density at radius 2 is 2.16 bits per heavy atom. The number of anilines is 1. The largest absolute Gasteiger partial charge is 0.478 e. The summed E-state index contributed by atoms with van der Waals surface area (Å²) in [6.45, 7) is 4.97. The predicted molar refractivity (Wildman–Crippen MR) is 76.0 cm³/mol. The summed E-state index contributed by atoms with van der Waals surface area (Å²) < 4.78 is 5.00. The van der Waals surface area contributed by atoms with Gasteiger partial charge in [0.1, 0.15) is 0 Å². The van der Waals surface area contributed by atoms with E-state index in [0.29, 0.717) is 24.4 Å². The molecule has 0 radical (unpaired) electrons. The Balaban J connectivity index is 2.51. The minimum Gasteiger partial charge on any atom is -0.478 e. The molecule has 1 aromatic rings. The van der Waals surface area contributed by atoms with E-state index in [2.05, 4.69) is 10.2 Å². The van der Waals surface area contributed by atoms with E-state index in [4.69, 9.17) is 9.84 Å². The molecule has 0 spiro atoms. The van der Waals surface area contributed by atoms with Crippen LogP contribution in [0.15, 0.2) is 18.2 Å². The second-order valence-electron chi connectivity index (χ2n) is 4.58. The Kier molecular flexibility index (Phi) is 6.32. The van der Waals surface area contributed by atoms with Gasteiger partial charge in [-0.05, 0) is 26.1 Å². The zero-order valence-corrected chi connectivity index (χ0v) is 11.8. The fraction of sp³-hybridized carbons (Fsp3) is 0.500. The van der Waals surface area contributed by atoms with Gasteiger partial charge in [-0.3, -0.25) is 0 Å². The van der Waals surface area contributed by atoms with Crippen molar-refractivity contribution in [2.45, 2.75) is 6.92 Å². The van der Waals surface area contributed by atoms with Crippen LogP contribution in [0.4, 0.5) is 5.69 Å². The molecule has 5 heteroatoms. The lowest BCUT2D eigenvalue weighted by molar-refractivity contribution is 0.0698. The van der Waals surface area contributed by atoms with Crippen LogP contribution in [-0.2, 0) is 4.74 Å². The van der Waals surface area contributed by atoms with Crippen molar-refractivity contribution in [2.75, 3.05) is 45.7 Å². The van der Waals surface area contributed by atoms with Gasteiger partial charge in [-0.25, -0.2) is 4.79 Å². The summed E-state index contributed by atoms with van der Waals surface area (Å²) in [4.78, 5) is 13.3. The maximum Gasteiger partial charge on any atom is 0.337 e. The van der Waals surface area contributed by atoms with Crippen molar-refractivity contribution in [1.29, 1.82) is 0 Å². The van der Waals surface area contributed by atoms with Crippen LogP contribution in [0.25, 0.3) is 0 Å². The standard InChI is InChI=1S/C14H22N2O3/c1-11-4-5-13(12(10-11)14(17)18)15-6-7-16(2)8-9-19-3/h4-5,10,15H,6-9H2,1-3H3,(H,17,18). The summed E-state index contributed by atoms with van der Waals surface area (Å²) in [5.74, 6) is -0.904. The number of carbonyl (C=O) groups is 1. The van der Waals surface area contributed by atoms with Gasteiger partial charge in [-0.1, -0.05) is 11.6 Å². The lowest BCUT2D eigenvalue weighted by Gasteiger charge is -2.17. The summed E-state index contributed by atoms with van der Waals surface area (Å²) in [5.41, 5.74) is 1.93. The van der Waals surface area contributed by atoms with E-state index < -0.39 is 5.97 Å². The van der Waals surface area contributed by atoms with Gasteiger partial charge in [0.15, 0.2) is 0 Å². The molecule has 1 aromatic carbocycles. The van der Waals surface area contributed by atoms with Gasteiger partial charge in [0, 0.05) is 32.4 Å². The van der Waals surface area contributed by atoms with Gasteiger partial charge in [0.05, 0.1) is 12.2 Å². The van der Waals surface area contributed by atoms with Crippen LogP contribution in [0.3, 0.4) is 0 Å². The maximum atomic E-state index is 11.1. The molecule has 0 amide bonds. The molecule has 0 atom stereocenters. The quantitative estimate of drug-likeness (QED) is 0.749. The van der Waals surface area contributed by atoms with E-state index in [0.717, 1.165) is 18.7 Å². The highest BCUT2D eigenvalue weighted by Crippen LogP contribution is 2.17. The lowest BCUT2D eigenvalue weighted by atomic mass is 10.1. The van der Waals surface area contributed by atoms with Crippen molar-refractivity contribution >= 4 is 11.7 Å². The molecule has 19 heavy (non-hydrogen) atoms. The summed E-state index contributed by atoms with van der Waals surface area (Å²) in [6.07, 6.45) is 0. The van der Waals surface area contributed by atoms with E-state index >= 15 is 0 Å². The predicted octanol–water partition coefficient (Wildman–Crippen LogP) is 1.68. The van der Waals surface area contributed by atoms with Crippen molar-refractivity contribution in [3.8, 4) is 0 Å². The van der Waals surface area contributed by atoms with Crippen LogP contribution >= 0.6 is 0 Å². The average Bonchev–Trinajstić information content (AvgIpc) is 2.37. The van der Waals surface area contributed by atoms with Gasteiger partial charge in [-0.2, -0.15) is 0 Å². The average molecular weight is 266 g/mol. The number of nitrogens with zero attached hydrogens (tertiary/aromatic N) is 1. The molecule has 0 saturated carbocycles. The number of carboxylic acid groups (broad SMARTS) is 1. The van der Waals surface area contributed by atoms with E-state index in [1.807, 2.05) is 26.1 Å². The first kappa shape index (κ1) is 15.5. The molecule has 0 aliphatic heterocycles. The van der Waals surface area contributed by atoms with Crippen molar-refractivity contribution in [1.82, 2.24) is 4.90 Å². The molecule has 0 unspecified atom stereocenters. The smallest absolute Gasteiger partial charge is 0.337 e. The zero-order valence-electron chi connectivity index (χ0n) is 11.8. The van der Waals surface area contributed by atoms with Gasteiger partial charge in [0.25, 0.3) is 0 Å². The number of hydrogen-bond acceptors (Lipinski definition) is 4. The first-order chi connectivity index (χ1) is 9.04. The molecule has 0 bridgehead atoms. The summed E-state index contributed by atoms with van der Waals surface area (Å²) in [7, 11) is 3.69. The molecule has 5 nitrogen and oxygen atoms in total. The first-order valence-corrected chi connectivity index (χ1v) is 6.30. The Morgan fingerprint density at radius 3 is 2.79 bits per heavy atom. The van der Waals surface area contributed by atoms with E-state index in [9.17, 15) is 4.79 Å². The number of rotatable bonds is 8. The van der Waals surface area contributed by atoms with Crippen molar-refractivity contribution in [3.63, 3.8) is 0 Å². The van der Waals surface area contributed by atoms with Crippen LogP contribution in [0.5, 0.6) is 0 Å². The third-order valence-corrected chi connectivity index (χ3v) is 2.89. The van der Waals surface area contributed by atoms with Crippen LogP contribution in [-0.4, -0.2) is 56.4 Å². The Labute approximate surface area is 114 Å². The van der Waals surface area contributed by atoms with E-state index in [-0.39, 0.29) is 0 Å². The SMILES string of the molecule is COCCN(C)CCNc1ccc(C)cc1C(=O)O. The molecule has 0 fully saturated rings. The molecule has 1 rings (SSSR count). The lowest BCUT2D eigenvalue weighted by Crippen LogP contribution is -2.28. The number of ether oxygens (including phenoxy) is 1. The normalized spacial score (nSPS) is 10.7. The van der Waals surface area contributed by atoms with Crippen LogP contribution in [0, 0.1) is 6.92 Å². The third kappa shape index (κ3) is 5.28. The number of carboxylic acids is 1. The number of nitrogens with one attached hydrogen (secondary N) is 1. The fourth-order valence-electron chi connectivity index (χ4n) is 1.73. The topological polar surface area (TPSA) is 61.8 Å². The third-order valence-electron chi connectivity index (χ3n) is 2.89. The highest BCUT2D eigenvalue weighted by molar-refractivity contribution is 5.94. The number of likely N-dealkylation sites (N-methyl/N-ethyl adjacent to an activating group) is 1. The molecule has 106 valence electrons. The maximum absolute atomic E-state index is 11.1. The van der Waals surface area contributed by atoms with Crippen LogP contribution in [0.2, 0.25) is 0 Å². The second kappa shape index (κ2) is 7.76. The Morgan fingerprint density at radius 1 is 1.42 bits per heavy atom. The number of benzene rings is 1. The number of aryl methyl sites for hydroxylation is 1. The number of aromatic carboxylic acids is 1. The van der Waals surface area contributed by atoms with Crippen molar-refractivity contribution < 1.29 is 14.6 Å². The van der Waals surface area contributed by atoms with Crippen LogP contribution in [0.1, 0.15) is 15.9 Å². The molecule has 0 aliphatic carbocycles.